The van der Waals surface area contributed by atoms with E-state index in [1.165, 1.54) is 0 Å². The second-order valence-electron chi connectivity index (χ2n) is 4.94. The molecule has 1 fully saturated rings. The van der Waals surface area contributed by atoms with E-state index in [1.54, 1.807) is 29.6 Å². The van der Waals surface area contributed by atoms with Crippen LogP contribution in [0, 0.1) is 0 Å². The van der Waals surface area contributed by atoms with Gasteiger partial charge in [0, 0.05) is 32.7 Å². The number of hydrogen-bond donors (Lipinski definition) is 1. The summed E-state index contributed by atoms with van der Waals surface area (Å²) in [4.78, 5) is 2.53. The first-order chi connectivity index (χ1) is 8.96. The average molecular weight is 283 g/mol. The van der Waals surface area contributed by atoms with Crippen molar-refractivity contribution in [2.24, 2.45) is 0 Å². The fourth-order valence-corrected chi connectivity index (χ4v) is 3.98. The lowest BCUT2D eigenvalue weighted by atomic mass is 10.2. The molecule has 0 bridgehead atoms. The van der Waals surface area contributed by atoms with Gasteiger partial charge in [0.1, 0.15) is 4.90 Å². The van der Waals surface area contributed by atoms with Crippen LogP contribution in [-0.4, -0.2) is 57.4 Å². The topological polar surface area (TPSA) is 52.7 Å². The van der Waals surface area contributed by atoms with Gasteiger partial charge in [-0.15, -0.1) is 0 Å². The lowest BCUT2D eigenvalue weighted by Gasteiger charge is -2.37. The minimum atomic E-state index is -3.42. The van der Waals surface area contributed by atoms with Crippen LogP contribution < -0.4 is 5.32 Å². The molecule has 19 heavy (non-hydrogen) atoms. The van der Waals surface area contributed by atoms with E-state index in [4.69, 9.17) is 0 Å². The van der Waals surface area contributed by atoms with Crippen LogP contribution in [0.25, 0.3) is 0 Å². The van der Waals surface area contributed by atoms with Crippen molar-refractivity contribution >= 4 is 15.7 Å². The monoisotopic (exact) mass is 283 g/mol. The van der Waals surface area contributed by atoms with Crippen molar-refractivity contribution in [2.45, 2.75) is 17.9 Å². The van der Waals surface area contributed by atoms with Crippen molar-refractivity contribution in [3.8, 4) is 0 Å². The molecule has 0 saturated carbocycles. The van der Waals surface area contributed by atoms with E-state index in [0.29, 0.717) is 23.7 Å². The number of para-hydroxylation sites is 1. The molecule has 1 aliphatic heterocycles. The van der Waals surface area contributed by atoms with Gasteiger partial charge < -0.3 is 10.2 Å². The Bertz CT molecular complexity index is 545. The van der Waals surface area contributed by atoms with Crippen molar-refractivity contribution in [1.82, 2.24) is 9.21 Å². The first kappa shape index (κ1) is 14.3. The highest BCUT2D eigenvalue weighted by Gasteiger charge is 2.31. The normalized spacial score (nSPS) is 22.4. The van der Waals surface area contributed by atoms with E-state index in [-0.39, 0.29) is 6.04 Å². The first-order valence-corrected chi connectivity index (χ1v) is 7.88. The fraction of sp³-hybridized carbons (Fsp3) is 0.538. The zero-order valence-corrected chi connectivity index (χ0v) is 12.4. The van der Waals surface area contributed by atoms with E-state index in [2.05, 4.69) is 10.2 Å². The van der Waals surface area contributed by atoms with Gasteiger partial charge in [-0.3, -0.25) is 0 Å². The molecule has 0 spiro atoms. The van der Waals surface area contributed by atoms with Gasteiger partial charge in [-0.1, -0.05) is 12.1 Å². The molecule has 0 radical (unpaired) electrons. The number of hydrogen-bond acceptors (Lipinski definition) is 4. The third kappa shape index (κ3) is 2.75. The molecule has 0 amide bonds. The van der Waals surface area contributed by atoms with Crippen molar-refractivity contribution in [3.63, 3.8) is 0 Å². The summed E-state index contributed by atoms with van der Waals surface area (Å²) in [6.45, 7) is 3.89. The Hall–Kier alpha value is -1.11. The minimum Gasteiger partial charge on any atom is -0.387 e. The molecule has 106 valence electrons. The Balaban J connectivity index is 2.32. The summed E-state index contributed by atoms with van der Waals surface area (Å²) >= 11 is 0. The van der Waals surface area contributed by atoms with Crippen LogP contribution in [0.3, 0.4) is 0 Å². The minimum absolute atomic E-state index is 0.241. The van der Waals surface area contributed by atoms with Crippen LogP contribution in [0.5, 0.6) is 0 Å². The average Bonchev–Trinajstić information content (AvgIpc) is 2.41. The molecule has 1 atom stereocenters. The third-order valence-corrected chi connectivity index (χ3v) is 5.62. The highest BCUT2D eigenvalue weighted by atomic mass is 32.2. The number of likely N-dealkylation sites (N-methyl/N-ethyl adjacent to an activating group) is 1. The Morgan fingerprint density at radius 3 is 2.58 bits per heavy atom. The highest BCUT2D eigenvalue weighted by molar-refractivity contribution is 7.89. The maximum Gasteiger partial charge on any atom is 0.245 e. The van der Waals surface area contributed by atoms with E-state index in [9.17, 15) is 8.42 Å². The van der Waals surface area contributed by atoms with E-state index >= 15 is 0 Å². The van der Waals surface area contributed by atoms with Gasteiger partial charge in [0.25, 0.3) is 0 Å². The Labute approximate surface area is 115 Å². The fourth-order valence-electron chi connectivity index (χ4n) is 2.27. The van der Waals surface area contributed by atoms with E-state index in [1.807, 2.05) is 20.0 Å². The number of nitrogens with one attached hydrogen (secondary N) is 1. The maximum atomic E-state index is 12.7. The summed E-state index contributed by atoms with van der Waals surface area (Å²) in [7, 11) is 0.344. The smallest absolute Gasteiger partial charge is 0.245 e. The number of nitrogens with zero attached hydrogens (tertiary/aromatic N) is 2. The van der Waals surface area contributed by atoms with Crippen molar-refractivity contribution < 1.29 is 8.42 Å². The molecule has 1 N–H and O–H groups in total. The summed E-state index contributed by atoms with van der Waals surface area (Å²) in [5, 5.41) is 2.94. The molecule has 1 aliphatic rings. The molecule has 2 rings (SSSR count). The van der Waals surface area contributed by atoms with Crippen LogP contribution in [-0.2, 0) is 10.0 Å². The van der Waals surface area contributed by atoms with Gasteiger partial charge in [0.2, 0.25) is 10.0 Å². The maximum absolute atomic E-state index is 12.7. The van der Waals surface area contributed by atoms with Crippen LogP contribution in [0.1, 0.15) is 6.92 Å². The summed E-state index contributed by atoms with van der Waals surface area (Å²) in [6.07, 6.45) is 0. The number of sulfonamides is 1. The largest absolute Gasteiger partial charge is 0.387 e. The number of benzene rings is 1. The molecule has 6 heteroatoms. The molecular weight excluding hydrogens is 262 g/mol. The van der Waals surface area contributed by atoms with Gasteiger partial charge in [0.15, 0.2) is 0 Å². The van der Waals surface area contributed by atoms with Gasteiger partial charge in [-0.2, -0.15) is 4.31 Å². The van der Waals surface area contributed by atoms with Crippen LogP contribution in [0.15, 0.2) is 29.2 Å². The SMILES string of the molecule is CNc1ccccc1S(=O)(=O)N1CCN(C)C(C)C1. The van der Waals surface area contributed by atoms with E-state index < -0.39 is 10.0 Å². The third-order valence-electron chi connectivity index (χ3n) is 3.70. The molecule has 0 aliphatic carbocycles. The lowest BCUT2D eigenvalue weighted by Crippen LogP contribution is -2.51. The predicted molar refractivity (Wildman–Crippen MR) is 76.8 cm³/mol. The van der Waals surface area contributed by atoms with Gasteiger partial charge in [-0.05, 0) is 26.1 Å². The molecule has 0 aromatic heterocycles. The molecule has 5 nitrogen and oxygen atoms in total. The Morgan fingerprint density at radius 1 is 1.26 bits per heavy atom. The summed E-state index contributed by atoms with van der Waals surface area (Å²) < 4.78 is 27.0. The molecule has 1 saturated heterocycles. The zero-order chi connectivity index (χ0) is 14.0. The van der Waals surface area contributed by atoms with Gasteiger partial charge in [-0.25, -0.2) is 8.42 Å². The molecular formula is C13H21N3O2S. The predicted octanol–water partition coefficient (Wildman–Crippen LogP) is 1.05. The number of piperazine rings is 1. The second kappa shape index (κ2) is 5.48. The van der Waals surface area contributed by atoms with Crippen molar-refractivity contribution in [3.05, 3.63) is 24.3 Å². The Kier molecular flexibility index (Phi) is 4.13. The summed E-state index contributed by atoms with van der Waals surface area (Å²) in [5.41, 5.74) is 0.647. The summed E-state index contributed by atoms with van der Waals surface area (Å²) in [6, 6.07) is 7.27. The zero-order valence-electron chi connectivity index (χ0n) is 11.6. The molecule has 1 aromatic rings. The van der Waals surface area contributed by atoms with Crippen LogP contribution in [0.4, 0.5) is 5.69 Å². The van der Waals surface area contributed by atoms with Gasteiger partial charge in [0.05, 0.1) is 5.69 Å². The Morgan fingerprint density at radius 2 is 1.95 bits per heavy atom. The first-order valence-electron chi connectivity index (χ1n) is 6.44. The van der Waals surface area contributed by atoms with Crippen LogP contribution >= 0.6 is 0 Å². The number of rotatable bonds is 3. The number of anilines is 1. The van der Waals surface area contributed by atoms with Gasteiger partial charge >= 0.3 is 0 Å². The summed E-state index contributed by atoms with van der Waals surface area (Å²) in [5.74, 6) is 0. The molecule has 1 unspecified atom stereocenters. The highest BCUT2D eigenvalue weighted by Crippen LogP contribution is 2.25. The van der Waals surface area contributed by atoms with Crippen LogP contribution in [0.2, 0.25) is 0 Å². The standard InChI is InChI=1S/C13H21N3O2S/c1-11-10-16(9-8-15(11)3)19(17,18)13-7-5-4-6-12(13)14-2/h4-7,11,14H,8-10H2,1-3H3. The lowest BCUT2D eigenvalue weighted by molar-refractivity contribution is 0.159. The molecule has 1 heterocycles. The molecule has 1 aromatic carbocycles. The second-order valence-corrected chi connectivity index (χ2v) is 6.85. The van der Waals surface area contributed by atoms with Crippen molar-refractivity contribution in [1.29, 1.82) is 0 Å². The van der Waals surface area contributed by atoms with Crippen molar-refractivity contribution in [2.75, 3.05) is 39.0 Å². The quantitative estimate of drug-likeness (QED) is 0.901. The van der Waals surface area contributed by atoms with E-state index in [0.717, 1.165) is 6.54 Å².